The zero-order valence-electron chi connectivity index (χ0n) is 9.60. The van der Waals surface area contributed by atoms with E-state index in [1.807, 2.05) is 26.0 Å². The summed E-state index contributed by atoms with van der Waals surface area (Å²) in [5, 5.41) is 9.18. The maximum absolute atomic E-state index is 12.1. The number of rotatable bonds is 5. The van der Waals surface area contributed by atoms with Crippen molar-refractivity contribution in [2.45, 2.75) is 31.3 Å². The van der Waals surface area contributed by atoms with Crippen molar-refractivity contribution < 1.29 is 9.82 Å². The lowest BCUT2D eigenvalue weighted by molar-refractivity contribution is 0.0967. The Labute approximate surface area is 103 Å². The van der Waals surface area contributed by atoms with Crippen LogP contribution in [-0.4, -0.2) is 22.9 Å². The lowest BCUT2D eigenvalue weighted by Gasteiger charge is -2.22. The van der Waals surface area contributed by atoms with Crippen LogP contribution in [0.25, 0.3) is 0 Å². The molecule has 0 amide bonds. The van der Waals surface area contributed by atoms with E-state index in [0.717, 1.165) is 19.5 Å². The van der Waals surface area contributed by atoms with Crippen molar-refractivity contribution >= 4 is 25.9 Å². The first-order valence-corrected chi connectivity index (χ1v) is 5.80. The molecule has 0 unspecified atom stereocenters. The predicted octanol–water partition coefficient (Wildman–Crippen LogP) is 2.22. The van der Waals surface area contributed by atoms with Crippen LogP contribution in [0.2, 0.25) is 0 Å². The number of hydrogen-bond acceptors (Lipinski definition) is 3. The molecule has 2 nitrogen and oxygen atoms in total. The normalized spacial score (nSPS) is 14.2. The molecule has 0 saturated carbocycles. The predicted molar refractivity (Wildman–Crippen MR) is 70.1 cm³/mol. The van der Waals surface area contributed by atoms with Crippen molar-refractivity contribution in [1.29, 1.82) is 0 Å². The standard InChI is InChI=1S/C12H16BO2S/c1-3-8-12(16,13-15)11(14)10-6-4-9(2)5-7-10/h4-7,15-16H,3,8H2,1-2H3/t12-/m0/s1. The summed E-state index contributed by atoms with van der Waals surface area (Å²) >= 11 is 4.28. The molecule has 1 rings (SSSR count). The van der Waals surface area contributed by atoms with Crippen LogP contribution in [0.5, 0.6) is 0 Å². The fraction of sp³-hybridized carbons (Fsp3) is 0.417. The smallest absolute Gasteiger partial charge is 0.313 e. The molecule has 0 heterocycles. The highest BCUT2D eigenvalue weighted by atomic mass is 32.1. The van der Waals surface area contributed by atoms with Gasteiger partial charge in [-0.1, -0.05) is 43.2 Å². The maximum Gasteiger partial charge on any atom is 0.313 e. The number of carbonyl (C=O) groups is 1. The van der Waals surface area contributed by atoms with Gasteiger partial charge in [0.25, 0.3) is 0 Å². The average molecular weight is 235 g/mol. The minimum atomic E-state index is -1.07. The summed E-state index contributed by atoms with van der Waals surface area (Å²) in [6, 6.07) is 7.29. The van der Waals surface area contributed by atoms with E-state index < -0.39 is 4.65 Å². The summed E-state index contributed by atoms with van der Waals surface area (Å²) < 4.78 is -1.07. The molecule has 1 aromatic rings. The fourth-order valence-corrected chi connectivity index (χ4v) is 1.93. The summed E-state index contributed by atoms with van der Waals surface area (Å²) in [6.45, 7) is 3.92. The minimum absolute atomic E-state index is 0.153. The van der Waals surface area contributed by atoms with E-state index in [0.29, 0.717) is 12.0 Å². The minimum Gasteiger partial charge on any atom is -0.452 e. The van der Waals surface area contributed by atoms with E-state index in [9.17, 15) is 9.82 Å². The first-order chi connectivity index (χ1) is 7.53. The van der Waals surface area contributed by atoms with Crippen molar-refractivity contribution in [2.24, 2.45) is 0 Å². The molecule has 0 aliphatic rings. The Hall–Kier alpha value is -0.735. The van der Waals surface area contributed by atoms with Crippen molar-refractivity contribution in [3.05, 3.63) is 35.4 Å². The highest BCUT2D eigenvalue weighted by molar-refractivity contribution is 7.84. The van der Waals surface area contributed by atoms with Gasteiger partial charge < -0.3 is 5.02 Å². The highest BCUT2D eigenvalue weighted by Gasteiger charge is 2.35. The summed E-state index contributed by atoms with van der Waals surface area (Å²) in [5.74, 6) is -0.153. The second-order valence-electron chi connectivity index (χ2n) is 4.00. The molecular weight excluding hydrogens is 219 g/mol. The Balaban J connectivity index is 2.95. The van der Waals surface area contributed by atoms with Crippen LogP contribution in [0.15, 0.2) is 24.3 Å². The molecule has 85 valence electrons. The molecule has 0 aliphatic carbocycles. The third kappa shape index (κ3) is 2.89. The topological polar surface area (TPSA) is 37.3 Å². The molecule has 0 spiro atoms. The van der Waals surface area contributed by atoms with Crippen LogP contribution >= 0.6 is 12.6 Å². The van der Waals surface area contributed by atoms with E-state index in [-0.39, 0.29) is 5.78 Å². The number of ketones is 1. The fourth-order valence-electron chi connectivity index (χ4n) is 1.57. The number of benzene rings is 1. The molecular formula is C12H16BO2S. The van der Waals surface area contributed by atoms with Crippen LogP contribution in [0.4, 0.5) is 0 Å². The van der Waals surface area contributed by atoms with Gasteiger partial charge in [0.15, 0.2) is 5.78 Å². The first kappa shape index (κ1) is 13.3. The van der Waals surface area contributed by atoms with Gasteiger partial charge in [0.2, 0.25) is 0 Å². The molecule has 1 N–H and O–H groups in total. The van der Waals surface area contributed by atoms with Gasteiger partial charge >= 0.3 is 7.48 Å². The number of thiol groups is 1. The number of aryl methyl sites for hydroxylation is 1. The summed E-state index contributed by atoms with van der Waals surface area (Å²) in [7, 11) is 0.891. The summed E-state index contributed by atoms with van der Waals surface area (Å²) in [4.78, 5) is 12.1. The largest absolute Gasteiger partial charge is 0.452 e. The van der Waals surface area contributed by atoms with Crippen LogP contribution < -0.4 is 0 Å². The van der Waals surface area contributed by atoms with Gasteiger partial charge in [-0.3, -0.25) is 4.79 Å². The average Bonchev–Trinajstić information content (AvgIpc) is 2.29. The van der Waals surface area contributed by atoms with Gasteiger partial charge in [-0.05, 0) is 13.3 Å². The molecule has 1 atom stereocenters. The van der Waals surface area contributed by atoms with Gasteiger partial charge in [0.1, 0.15) is 0 Å². The number of hydrogen-bond donors (Lipinski definition) is 2. The van der Waals surface area contributed by atoms with Gasteiger partial charge in [-0.15, -0.1) is 0 Å². The quantitative estimate of drug-likeness (QED) is 0.466. The molecule has 0 saturated heterocycles. The van der Waals surface area contributed by atoms with Crippen molar-refractivity contribution in [3.63, 3.8) is 0 Å². The Bertz CT molecular complexity index is 364. The Morgan fingerprint density at radius 3 is 2.44 bits per heavy atom. The lowest BCUT2D eigenvalue weighted by Crippen LogP contribution is -2.39. The number of Topliss-reactive ketones (excluding diaryl/α,β-unsaturated/α-hetero) is 1. The van der Waals surface area contributed by atoms with E-state index in [2.05, 4.69) is 12.6 Å². The highest BCUT2D eigenvalue weighted by Crippen LogP contribution is 2.24. The zero-order chi connectivity index (χ0) is 12.2. The first-order valence-electron chi connectivity index (χ1n) is 5.36. The zero-order valence-corrected chi connectivity index (χ0v) is 10.5. The van der Waals surface area contributed by atoms with Gasteiger partial charge in [0, 0.05) is 5.56 Å². The second kappa shape index (κ2) is 5.55. The van der Waals surface area contributed by atoms with Crippen LogP contribution in [0.3, 0.4) is 0 Å². The molecule has 0 aliphatic heterocycles. The van der Waals surface area contributed by atoms with E-state index in [1.165, 1.54) is 0 Å². The maximum atomic E-state index is 12.1. The van der Waals surface area contributed by atoms with Crippen LogP contribution in [0, 0.1) is 6.92 Å². The van der Waals surface area contributed by atoms with Crippen molar-refractivity contribution in [3.8, 4) is 0 Å². The SMILES string of the molecule is CCC[C@@](S)([B]O)C(=O)c1ccc(C)cc1. The van der Waals surface area contributed by atoms with Gasteiger partial charge in [-0.25, -0.2) is 0 Å². The van der Waals surface area contributed by atoms with Gasteiger partial charge in [-0.2, -0.15) is 12.6 Å². The van der Waals surface area contributed by atoms with E-state index >= 15 is 0 Å². The Kier molecular flexibility index (Phi) is 4.62. The molecule has 0 fully saturated rings. The molecule has 16 heavy (non-hydrogen) atoms. The monoisotopic (exact) mass is 235 g/mol. The third-order valence-corrected chi connectivity index (χ3v) is 3.09. The van der Waals surface area contributed by atoms with E-state index in [1.54, 1.807) is 12.1 Å². The number of carbonyl (C=O) groups excluding carboxylic acids is 1. The molecule has 0 bridgehead atoms. The van der Waals surface area contributed by atoms with E-state index in [4.69, 9.17) is 0 Å². The third-order valence-electron chi connectivity index (χ3n) is 2.55. The molecule has 1 radical (unpaired) electrons. The van der Waals surface area contributed by atoms with Crippen LogP contribution in [0.1, 0.15) is 35.7 Å². The Morgan fingerprint density at radius 1 is 1.44 bits per heavy atom. The van der Waals surface area contributed by atoms with Crippen LogP contribution in [-0.2, 0) is 0 Å². The summed E-state index contributed by atoms with van der Waals surface area (Å²) in [5.41, 5.74) is 1.68. The Morgan fingerprint density at radius 2 is 2.00 bits per heavy atom. The lowest BCUT2D eigenvalue weighted by atomic mass is 9.71. The van der Waals surface area contributed by atoms with Crippen molar-refractivity contribution in [2.75, 3.05) is 0 Å². The summed E-state index contributed by atoms with van der Waals surface area (Å²) in [6.07, 6.45) is 1.32. The molecule has 4 heteroatoms. The molecule has 0 aromatic heterocycles. The van der Waals surface area contributed by atoms with Gasteiger partial charge in [0.05, 0.1) is 4.65 Å². The molecule has 1 aromatic carbocycles. The van der Waals surface area contributed by atoms with Crippen molar-refractivity contribution in [1.82, 2.24) is 0 Å². The second-order valence-corrected chi connectivity index (χ2v) is 4.80.